The van der Waals surface area contributed by atoms with Crippen molar-refractivity contribution in [3.8, 4) is 0 Å². The van der Waals surface area contributed by atoms with Crippen LogP contribution in [0.3, 0.4) is 0 Å². The number of benzene rings is 3. The first-order valence-electron chi connectivity index (χ1n) is 12.4. The van der Waals surface area contributed by atoms with E-state index in [1.807, 2.05) is 12.1 Å². The second-order valence-corrected chi connectivity index (χ2v) is 10.4. The molecule has 0 amide bonds. The Kier molecular flexibility index (Phi) is 5.82. The normalized spacial score (nSPS) is 29.5. The molecule has 3 saturated heterocycles. The number of nitrogens with zero attached hydrogens (tertiary/aromatic N) is 2. The van der Waals surface area contributed by atoms with Gasteiger partial charge in [0, 0.05) is 35.7 Å². The van der Waals surface area contributed by atoms with E-state index >= 15 is 0 Å². The van der Waals surface area contributed by atoms with Crippen molar-refractivity contribution in [2.45, 2.75) is 37.8 Å². The number of piperidine rings is 3. The maximum atomic E-state index is 6.53. The number of fused-ring (bicyclic) bond motifs is 1. The van der Waals surface area contributed by atoms with Gasteiger partial charge in [0.05, 0.1) is 12.6 Å². The molecule has 4 aliphatic rings. The zero-order valence-corrected chi connectivity index (χ0v) is 19.7. The van der Waals surface area contributed by atoms with Gasteiger partial charge in [0.1, 0.15) is 0 Å². The van der Waals surface area contributed by atoms with Crippen molar-refractivity contribution >= 4 is 17.3 Å². The molecule has 3 aromatic carbocycles. The summed E-state index contributed by atoms with van der Waals surface area (Å²) in [4.78, 5) is 8.21. The van der Waals surface area contributed by atoms with Crippen LogP contribution in [0.4, 0.5) is 0 Å². The largest absolute Gasteiger partial charge is 0.294 e. The maximum Gasteiger partial charge on any atom is 0.0654 e. The fourth-order valence-corrected chi connectivity index (χ4v) is 7.02. The van der Waals surface area contributed by atoms with Crippen molar-refractivity contribution in [1.82, 2.24) is 4.90 Å². The third-order valence-electron chi connectivity index (χ3n) is 8.16. The van der Waals surface area contributed by atoms with Gasteiger partial charge in [-0.15, -0.1) is 0 Å². The molecule has 7 rings (SSSR count). The lowest BCUT2D eigenvalue weighted by Gasteiger charge is -2.58. The van der Waals surface area contributed by atoms with E-state index in [9.17, 15) is 0 Å². The first-order chi connectivity index (χ1) is 16.3. The van der Waals surface area contributed by atoms with E-state index in [1.165, 1.54) is 49.2 Å². The van der Waals surface area contributed by atoms with E-state index in [-0.39, 0.29) is 0 Å². The second-order valence-electron chi connectivity index (χ2n) is 10.0. The first-order valence-corrected chi connectivity index (χ1v) is 12.8. The van der Waals surface area contributed by atoms with Gasteiger partial charge in [-0.2, -0.15) is 0 Å². The summed E-state index contributed by atoms with van der Waals surface area (Å²) < 4.78 is 0. The topological polar surface area (TPSA) is 15.6 Å². The van der Waals surface area contributed by atoms with Crippen molar-refractivity contribution in [2.24, 2.45) is 22.7 Å². The molecule has 0 N–H and O–H groups in total. The highest BCUT2D eigenvalue weighted by Crippen LogP contribution is 2.50. The average molecular weight is 455 g/mol. The van der Waals surface area contributed by atoms with Gasteiger partial charge in [0.15, 0.2) is 0 Å². The lowest BCUT2D eigenvalue weighted by atomic mass is 9.59. The monoisotopic (exact) mass is 454 g/mol. The number of aliphatic imine (C=N–C) groups is 1. The van der Waals surface area contributed by atoms with Gasteiger partial charge >= 0.3 is 0 Å². The van der Waals surface area contributed by atoms with E-state index < -0.39 is 0 Å². The van der Waals surface area contributed by atoms with Gasteiger partial charge in [0.2, 0.25) is 0 Å². The van der Waals surface area contributed by atoms with E-state index in [1.54, 1.807) is 0 Å². The first kappa shape index (κ1) is 21.1. The van der Waals surface area contributed by atoms with Crippen LogP contribution in [0.25, 0.3) is 0 Å². The molecule has 168 valence electrons. The van der Waals surface area contributed by atoms with Crippen molar-refractivity contribution in [2.75, 3.05) is 13.1 Å². The molecule has 4 fully saturated rings. The number of rotatable bonds is 5. The highest BCUT2D eigenvalue weighted by Gasteiger charge is 2.53. The zero-order chi connectivity index (χ0) is 22.2. The molecular formula is C30H31ClN2. The summed E-state index contributed by atoms with van der Waals surface area (Å²) in [6, 6.07) is 30.6. The maximum absolute atomic E-state index is 6.53. The minimum Gasteiger partial charge on any atom is -0.294 e. The van der Waals surface area contributed by atoms with E-state index in [2.05, 4.69) is 77.7 Å². The predicted molar refractivity (Wildman–Crippen MR) is 137 cm³/mol. The van der Waals surface area contributed by atoms with Crippen LogP contribution in [-0.4, -0.2) is 29.7 Å². The van der Waals surface area contributed by atoms with Crippen LogP contribution in [0.1, 0.15) is 41.9 Å². The molecule has 0 spiro atoms. The Bertz CT molecular complexity index is 1070. The van der Waals surface area contributed by atoms with Crippen LogP contribution < -0.4 is 0 Å². The quantitative estimate of drug-likeness (QED) is 0.412. The number of hydrogen-bond acceptors (Lipinski definition) is 2. The predicted octanol–water partition coefficient (Wildman–Crippen LogP) is 6.84. The Hall–Kier alpha value is -2.42. The van der Waals surface area contributed by atoms with Gasteiger partial charge in [-0.25, -0.2) is 0 Å². The fraction of sp³-hybridized carbons (Fsp3) is 0.367. The summed E-state index contributed by atoms with van der Waals surface area (Å²) in [6.07, 6.45) is 4.07. The third-order valence-corrected chi connectivity index (χ3v) is 8.53. The average Bonchev–Trinajstić information content (AvgIpc) is 2.85. The highest BCUT2D eigenvalue weighted by molar-refractivity contribution is 6.31. The van der Waals surface area contributed by atoms with Crippen LogP contribution in [-0.2, 0) is 6.54 Å². The molecule has 3 unspecified atom stereocenters. The molecule has 1 saturated carbocycles. The van der Waals surface area contributed by atoms with E-state index in [0.29, 0.717) is 24.4 Å². The zero-order valence-electron chi connectivity index (χ0n) is 19.0. The van der Waals surface area contributed by atoms with Crippen LogP contribution in [0, 0.1) is 17.8 Å². The minimum absolute atomic E-state index is 0.293. The Morgan fingerprint density at radius 1 is 0.788 bits per heavy atom. The van der Waals surface area contributed by atoms with E-state index in [0.717, 1.165) is 22.4 Å². The van der Waals surface area contributed by atoms with Crippen molar-refractivity contribution in [1.29, 1.82) is 0 Å². The van der Waals surface area contributed by atoms with Crippen LogP contribution in [0.15, 0.2) is 89.9 Å². The molecule has 1 aliphatic carbocycles. The molecule has 4 bridgehead atoms. The fourth-order valence-electron chi connectivity index (χ4n) is 6.83. The van der Waals surface area contributed by atoms with Crippen LogP contribution in [0.5, 0.6) is 0 Å². The minimum atomic E-state index is 0.293. The van der Waals surface area contributed by atoms with Gasteiger partial charge in [0.25, 0.3) is 0 Å². The molecule has 0 radical (unpaired) electrons. The molecular weight excluding hydrogens is 424 g/mol. The highest BCUT2D eigenvalue weighted by atomic mass is 35.5. The van der Waals surface area contributed by atoms with Gasteiger partial charge in [-0.3, -0.25) is 9.89 Å². The molecule has 5 atom stereocenters. The second kappa shape index (κ2) is 9.08. The number of hydrogen-bond donors (Lipinski definition) is 0. The SMILES string of the molecule is Clc1ccccc1CN=C1C2[C@@H]3CCC[C@H]2CN(C3)C1C(c1ccccc1)c1ccccc1. The van der Waals surface area contributed by atoms with Crippen molar-refractivity contribution in [3.05, 3.63) is 107 Å². The Labute approximate surface area is 202 Å². The van der Waals surface area contributed by atoms with E-state index in [4.69, 9.17) is 16.6 Å². The van der Waals surface area contributed by atoms with Crippen molar-refractivity contribution in [3.63, 3.8) is 0 Å². The van der Waals surface area contributed by atoms with Crippen molar-refractivity contribution < 1.29 is 0 Å². The Morgan fingerprint density at radius 3 is 1.97 bits per heavy atom. The molecule has 3 aliphatic heterocycles. The lowest BCUT2D eigenvalue weighted by molar-refractivity contribution is 0.00603. The third kappa shape index (κ3) is 3.94. The standard InChI is InChI=1S/C30H31ClN2/c31-26-17-8-7-14-23(26)18-32-29-27-24-15-9-16-25(27)20-33(19-24)30(29)28(21-10-3-1-4-11-21)22-12-5-2-6-13-22/h1-8,10-14,17,24-25,27-28,30H,9,15-16,18-20H2/t24-,25+,27?,30?. The van der Waals surface area contributed by atoms with Crippen LogP contribution in [0.2, 0.25) is 5.02 Å². The molecule has 3 heteroatoms. The molecule has 2 nitrogen and oxygen atoms in total. The summed E-state index contributed by atoms with van der Waals surface area (Å²) in [7, 11) is 0. The molecule has 0 aromatic heterocycles. The molecule has 3 aromatic rings. The van der Waals surface area contributed by atoms with Gasteiger partial charge in [-0.1, -0.05) is 96.9 Å². The summed E-state index contributed by atoms with van der Waals surface area (Å²) in [6.45, 7) is 3.10. The Balaban J connectivity index is 1.46. The summed E-state index contributed by atoms with van der Waals surface area (Å²) in [5.41, 5.74) is 5.33. The van der Waals surface area contributed by atoms with Gasteiger partial charge in [-0.05, 0) is 47.4 Å². The summed E-state index contributed by atoms with van der Waals surface area (Å²) in [5, 5.41) is 0.822. The van der Waals surface area contributed by atoms with Gasteiger partial charge < -0.3 is 0 Å². The smallest absolute Gasteiger partial charge is 0.0654 e. The molecule has 3 heterocycles. The Morgan fingerprint density at radius 2 is 1.36 bits per heavy atom. The number of halogens is 1. The summed E-state index contributed by atoms with van der Waals surface area (Å²) in [5.74, 6) is 2.42. The summed E-state index contributed by atoms with van der Waals surface area (Å²) >= 11 is 6.53. The lowest BCUT2D eigenvalue weighted by Crippen LogP contribution is -2.66. The molecule has 33 heavy (non-hydrogen) atoms. The van der Waals surface area contributed by atoms with Crippen LogP contribution >= 0.6 is 11.6 Å².